The number of carboxylic acids is 1. The zero-order valence-electron chi connectivity index (χ0n) is 12.4. The Bertz CT molecular complexity index is 401. The Labute approximate surface area is 124 Å². The molecular formula is C14H24N2O3S. The summed E-state index contributed by atoms with van der Waals surface area (Å²) < 4.78 is 0. The van der Waals surface area contributed by atoms with E-state index in [-0.39, 0.29) is 6.42 Å². The molecule has 2 unspecified atom stereocenters. The maximum atomic E-state index is 11.8. The Kier molecular flexibility index (Phi) is 5.65. The van der Waals surface area contributed by atoms with E-state index >= 15 is 0 Å². The molecule has 0 aromatic heterocycles. The van der Waals surface area contributed by atoms with Crippen LogP contribution in [0.1, 0.15) is 34.1 Å². The second-order valence-corrected chi connectivity index (χ2v) is 7.66. The van der Waals surface area contributed by atoms with E-state index in [0.717, 1.165) is 0 Å². The van der Waals surface area contributed by atoms with Crippen molar-refractivity contribution in [2.24, 2.45) is 11.7 Å². The topological polar surface area (TPSA) is 92.4 Å². The second-order valence-electron chi connectivity index (χ2n) is 5.90. The third-order valence-corrected chi connectivity index (χ3v) is 4.91. The molecule has 0 aromatic carbocycles. The quantitative estimate of drug-likeness (QED) is 0.644. The number of rotatable bonds is 6. The van der Waals surface area contributed by atoms with Gasteiger partial charge in [0.2, 0.25) is 5.91 Å². The van der Waals surface area contributed by atoms with Crippen LogP contribution in [0, 0.1) is 5.92 Å². The number of allylic oxidation sites excluding steroid dienone is 1. The molecule has 4 N–H and O–H groups in total. The van der Waals surface area contributed by atoms with Gasteiger partial charge in [-0.2, -0.15) is 11.8 Å². The van der Waals surface area contributed by atoms with Crippen molar-refractivity contribution < 1.29 is 14.7 Å². The van der Waals surface area contributed by atoms with Crippen LogP contribution >= 0.6 is 11.8 Å². The van der Waals surface area contributed by atoms with Crippen LogP contribution in [0.5, 0.6) is 0 Å². The normalized spacial score (nSPS) is 27.9. The fourth-order valence-electron chi connectivity index (χ4n) is 2.21. The van der Waals surface area contributed by atoms with Gasteiger partial charge in [-0.3, -0.25) is 9.59 Å². The van der Waals surface area contributed by atoms with Crippen LogP contribution in [0.15, 0.2) is 12.2 Å². The first-order valence-electron chi connectivity index (χ1n) is 6.76. The van der Waals surface area contributed by atoms with Crippen LogP contribution in [0.2, 0.25) is 0 Å². The summed E-state index contributed by atoms with van der Waals surface area (Å²) in [6.07, 6.45) is 3.74. The first-order chi connectivity index (χ1) is 9.12. The predicted molar refractivity (Wildman–Crippen MR) is 81.6 cm³/mol. The van der Waals surface area contributed by atoms with Gasteiger partial charge in [0.1, 0.15) is 0 Å². The second kappa shape index (κ2) is 6.63. The summed E-state index contributed by atoms with van der Waals surface area (Å²) in [5.74, 6) is -0.995. The number of thioether (sulfide) groups is 1. The van der Waals surface area contributed by atoms with E-state index in [2.05, 4.69) is 25.2 Å². The van der Waals surface area contributed by atoms with Gasteiger partial charge in [-0.1, -0.05) is 26.0 Å². The summed E-state index contributed by atoms with van der Waals surface area (Å²) in [4.78, 5) is 22.4. The third-order valence-electron chi connectivity index (χ3n) is 3.43. The van der Waals surface area contributed by atoms with Crippen molar-refractivity contribution in [1.82, 2.24) is 5.32 Å². The van der Waals surface area contributed by atoms with Crippen molar-refractivity contribution in [3.63, 3.8) is 0 Å². The van der Waals surface area contributed by atoms with Gasteiger partial charge in [-0.25, -0.2) is 0 Å². The summed E-state index contributed by atoms with van der Waals surface area (Å²) >= 11 is 1.94. The van der Waals surface area contributed by atoms with Crippen LogP contribution in [0.3, 0.4) is 0 Å². The van der Waals surface area contributed by atoms with E-state index in [1.165, 1.54) is 0 Å². The van der Waals surface area contributed by atoms with Crippen LogP contribution in [0.4, 0.5) is 0 Å². The molecule has 1 aliphatic heterocycles. The summed E-state index contributed by atoms with van der Waals surface area (Å²) in [5.41, 5.74) is 5.01. The smallest absolute Gasteiger partial charge is 0.305 e. The Morgan fingerprint density at radius 3 is 2.40 bits per heavy atom. The van der Waals surface area contributed by atoms with Gasteiger partial charge in [-0.05, 0) is 13.8 Å². The van der Waals surface area contributed by atoms with Crippen LogP contribution in [-0.4, -0.2) is 39.1 Å². The minimum absolute atomic E-state index is 0.362. The summed E-state index contributed by atoms with van der Waals surface area (Å²) in [6, 6.07) is -1.02. The highest BCUT2D eigenvalue weighted by Gasteiger charge is 2.34. The molecule has 6 heteroatoms. The molecule has 1 amide bonds. The lowest BCUT2D eigenvalue weighted by Gasteiger charge is -2.39. The monoisotopic (exact) mass is 300 g/mol. The van der Waals surface area contributed by atoms with E-state index in [1.54, 1.807) is 0 Å². The highest BCUT2D eigenvalue weighted by molar-refractivity contribution is 8.01. The standard InChI is InChI=1S/C14H24N2O3S/c1-8-10(9(2)20-8)5-6-14(3,4)16-13(19)11(15)7-12(17)18/h5-6,8-11H,7,15H2,1-4H3,(H,16,19)(H,17,18)/b6-5+/t8?,9?,10?,11-/m0/s1. The third kappa shape index (κ3) is 4.83. The summed E-state index contributed by atoms with van der Waals surface area (Å²) in [7, 11) is 0. The number of aliphatic carboxylic acids is 1. The Morgan fingerprint density at radius 2 is 1.95 bits per heavy atom. The molecule has 0 radical (unpaired) electrons. The highest BCUT2D eigenvalue weighted by atomic mass is 32.2. The molecule has 0 spiro atoms. The van der Waals surface area contributed by atoms with Gasteiger partial charge in [0.15, 0.2) is 0 Å². The Morgan fingerprint density at radius 1 is 1.40 bits per heavy atom. The van der Waals surface area contributed by atoms with Crippen molar-refractivity contribution in [1.29, 1.82) is 0 Å². The van der Waals surface area contributed by atoms with E-state index in [1.807, 2.05) is 31.7 Å². The minimum Gasteiger partial charge on any atom is -0.481 e. The fraction of sp³-hybridized carbons (Fsp3) is 0.714. The first kappa shape index (κ1) is 17.0. The number of carbonyl (C=O) groups is 2. The number of nitrogens with two attached hydrogens (primary N) is 1. The highest BCUT2D eigenvalue weighted by Crippen LogP contribution is 2.42. The molecule has 0 aromatic rings. The van der Waals surface area contributed by atoms with Gasteiger partial charge >= 0.3 is 5.97 Å². The predicted octanol–water partition coefficient (Wildman–Crippen LogP) is 1.38. The summed E-state index contributed by atoms with van der Waals surface area (Å²) in [5, 5.41) is 12.6. The zero-order valence-corrected chi connectivity index (χ0v) is 13.2. The number of amides is 1. The van der Waals surface area contributed by atoms with Crippen molar-refractivity contribution >= 4 is 23.6 Å². The molecule has 1 aliphatic rings. The molecular weight excluding hydrogens is 276 g/mol. The minimum atomic E-state index is -1.07. The van der Waals surface area contributed by atoms with Gasteiger partial charge in [-0.15, -0.1) is 0 Å². The molecule has 0 bridgehead atoms. The van der Waals surface area contributed by atoms with Crippen molar-refractivity contribution in [3.8, 4) is 0 Å². The number of carbonyl (C=O) groups excluding carboxylic acids is 1. The maximum Gasteiger partial charge on any atom is 0.305 e. The van der Waals surface area contributed by atoms with Crippen molar-refractivity contribution in [3.05, 3.63) is 12.2 Å². The molecule has 0 aliphatic carbocycles. The molecule has 1 fully saturated rings. The molecule has 5 nitrogen and oxygen atoms in total. The van der Waals surface area contributed by atoms with Gasteiger partial charge in [0, 0.05) is 16.4 Å². The molecule has 114 valence electrons. The van der Waals surface area contributed by atoms with Crippen LogP contribution in [-0.2, 0) is 9.59 Å². The molecule has 1 heterocycles. The van der Waals surface area contributed by atoms with Gasteiger partial charge in [0.25, 0.3) is 0 Å². The Hall–Kier alpha value is -1.01. The molecule has 20 heavy (non-hydrogen) atoms. The summed E-state index contributed by atoms with van der Waals surface area (Å²) in [6.45, 7) is 8.12. The largest absolute Gasteiger partial charge is 0.481 e. The lowest BCUT2D eigenvalue weighted by atomic mass is 9.95. The van der Waals surface area contributed by atoms with Crippen molar-refractivity contribution in [2.75, 3.05) is 0 Å². The van der Waals surface area contributed by atoms with E-state index in [9.17, 15) is 9.59 Å². The van der Waals surface area contributed by atoms with Gasteiger partial charge < -0.3 is 16.2 Å². The maximum absolute atomic E-state index is 11.8. The SMILES string of the molecule is CC1SC(C)C1/C=C/C(C)(C)NC(=O)[C@@H](N)CC(=O)O. The number of hydrogen-bond donors (Lipinski definition) is 3. The lowest BCUT2D eigenvalue weighted by molar-refractivity contribution is -0.139. The molecule has 1 rings (SSSR count). The number of carboxylic acid groups (broad SMARTS) is 1. The zero-order chi connectivity index (χ0) is 15.5. The number of nitrogens with one attached hydrogen (secondary N) is 1. The average Bonchev–Trinajstić information content (AvgIpc) is 2.26. The number of hydrogen-bond acceptors (Lipinski definition) is 4. The Balaban J connectivity index is 2.54. The van der Waals surface area contributed by atoms with E-state index in [4.69, 9.17) is 10.8 Å². The van der Waals surface area contributed by atoms with Crippen molar-refractivity contribution in [2.45, 2.75) is 56.2 Å². The molecule has 1 saturated heterocycles. The average molecular weight is 300 g/mol. The fourth-order valence-corrected chi connectivity index (χ4v) is 3.63. The first-order valence-corrected chi connectivity index (χ1v) is 7.71. The van der Waals surface area contributed by atoms with Crippen LogP contribution in [0.25, 0.3) is 0 Å². The molecule has 0 saturated carbocycles. The van der Waals surface area contributed by atoms with E-state index in [0.29, 0.717) is 16.4 Å². The lowest BCUT2D eigenvalue weighted by Crippen LogP contribution is -2.50. The molecule has 3 atom stereocenters. The van der Waals surface area contributed by atoms with Gasteiger partial charge in [0.05, 0.1) is 18.0 Å². The van der Waals surface area contributed by atoms with E-state index < -0.39 is 23.5 Å². The van der Waals surface area contributed by atoms with Crippen LogP contribution < -0.4 is 11.1 Å².